The second-order valence-electron chi connectivity index (χ2n) is 7.65. The van der Waals surface area contributed by atoms with E-state index in [2.05, 4.69) is 17.1 Å². The Kier molecular flexibility index (Phi) is 4.43. The lowest BCUT2D eigenvalue weighted by molar-refractivity contribution is -0.140. The van der Waals surface area contributed by atoms with Crippen LogP contribution in [0.2, 0.25) is 0 Å². The Morgan fingerprint density at radius 1 is 1.21 bits per heavy atom. The van der Waals surface area contributed by atoms with Crippen molar-refractivity contribution in [2.45, 2.75) is 39.5 Å². The van der Waals surface area contributed by atoms with Gasteiger partial charge in [0.15, 0.2) is 0 Å². The molecule has 1 fully saturated rings. The van der Waals surface area contributed by atoms with Crippen LogP contribution in [0.15, 0.2) is 30.7 Å². The SMILES string of the molecule is Cn1cncc1-c1cccc(C2CCN(C(=O)C(C)(C)C)CC2)n1. The van der Waals surface area contributed by atoms with Gasteiger partial charge in [0.1, 0.15) is 0 Å². The minimum absolute atomic E-state index is 0.248. The Morgan fingerprint density at radius 3 is 2.50 bits per heavy atom. The summed E-state index contributed by atoms with van der Waals surface area (Å²) in [6.45, 7) is 7.60. The molecule has 3 heterocycles. The smallest absolute Gasteiger partial charge is 0.227 e. The number of carbonyl (C=O) groups is 1. The van der Waals surface area contributed by atoms with Gasteiger partial charge in [-0.3, -0.25) is 9.78 Å². The first kappa shape index (κ1) is 16.7. The van der Waals surface area contributed by atoms with Crippen LogP contribution < -0.4 is 0 Å². The lowest BCUT2D eigenvalue weighted by atomic mass is 9.89. The number of pyridine rings is 1. The second-order valence-corrected chi connectivity index (χ2v) is 7.65. The number of aromatic nitrogens is 3. The maximum Gasteiger partial charge on any atom is 0.227 e. The van der Waals surface area contributed by atoms with Crippen molar-refractivity contribution in [1.82, 2.24) is 19.4 Å². The number of carbonyl (C=O) groups excluding carboxylic acids is 1. The molecule has 0 aliphatic carbocycles. The maximum atomic E-state index is 12.4. The van der Waals surface area contributed by atoms with E-state index in [9.17, 15) is 4.79 Å². The van der Waals surface area contributed by atoms with Gasteiger partial charge in [-0.15, -0.1) is 0 Å². The molecule has 24 heavy (non-hydrogen) atoms. The highest BCUT2D eigenvalue weighted by molar-refractivity contribution is 5.81. The number of piperidine rings is 1. The number of nitrogens with zero attached hydrogens (tertiary/aromatic N) is 4. The zero-order chi connectivity index (χ0) is 17.3. The summed E-state index contributed by atoms with van der Waals surface area (Å²) in [4.78, 5) is 23.4. The zero-order valence-electron chi connectivity index (χ0n) is 15.0. The van der Waals surface area contributed by atoms with E-state index in [1.165, 1.54) is 0 Å². The Labute approximate surface area is 143 Å². The lowest BCUT2D eigenvalue weighted by Crippen LogP contribution is -2.43. The lowest BCUT2D eigenvalue weighted by Gasteiger charge is -2.35. The molecule has 0 bridgehead atoms. The third-order valence-corrected chi connectivity index (χ3v) is 4.69. The van der Waals surface area contributed by atoms with Crippen molar-refractivity contribution in [3.05, 3.63) is 36.4 Å². The molecule has 0 N–H and O–H groups in total. The first-order valence-corrected chi connectivity index (χ1v) is 8.59. The number of hydrogen-bond acceptors (Lipinski definition) is 3. The van der Waals surface area contributed by atoms with Crippen LogP contribution in [0.3, 0.4) is 0 Å². The summed E-state index contributed by atoms with van der Waals surface area (Å²) in [5.41, 5.74) is 2.80. The predicted molar refractivity (Wildman–Crippen MR) is 94.4 cm³/mol. The molecule has 2 aromatic rings. The summed E-state index contributed by atoms with van der Waals surface area (Å²) in [6.07, 6.45) is 5.59. The molecule has 0 saturated carbocycles. The Hall–Kier alpha value is -2.17. The van der Waals surface area contributed by atoms with Crippen LogP contribution in [0.5, 0.6) is 0 Å². The van der Waals surface area contributed by atoms with Gasteiger partial charge in [-0.2, -0.15) is 0 Å². The summed E-state index contributed by atoms with van der Waals surface area (Å²) in [5.74, 6) is 0.666. The third-order valence-electron chi connectivity index (χ3n) is 4.69. The average molecular weight is 326 g/mol. The van der Waals surface area contributed by atoms with Gasteiger partial charge in [-0.1, -0.05) is 26.8 Å². The normalized spacial score (nSPS) is 16.4. The minimum Gasteiger partial charge on any atom is -0.342 e. The molecule has 1 aliphatic rings. The first-order chi connectivity index (χ1) is 11.4. The number of rotatable bonds is 2. The van der Waals surface area contributed by atoms with Gasteiger partial charge in [-0.25, -0.2) is 4.98 Å². The number of amides is 1. The van der Waals surface area contributed by atoms with Gasteiger partial charge in [0.05, 0.1) is 23.9 Å². The van der Waals surface area contributed by atoms with Gasteiger partial charge in [0.2, 0.25) is 5.91 Å². The van der Waals surface area contributed by atoms with Gasteiger partial charge in [-0.05, 0) is 25.0 Å². The van der Waals surface area contributed by atoms with Crippen molar-refractivity contribution in [3.8, 4) is 11.4 Å². The summed E-state index contributed by atoms with van der Waals surface area (Å²) in [6, 6.07) is 6.20. The molecule has 0 spiro atoms. The summed E-state index contributed by atoms with van der Waals surface area (Å²) in [5, 5.41) is 0. The van der Waals surface area contributed by atoms with Gasteiger partial charge < -0.3 is 9.47 Å². The molecule has 0 atom stereocenters. The molecule has 0 unspecified atom stereocenters. The van der Waals surface area contributed by atoms with Crippen LogP contribution in [-0.4, -0.2) is 38.4 Å². The van der Waals surface area contributed by atoms with Gasteiger partial charge in [0.25, 0.3) is 0 Å². The molecule has 5 heteroatoms. The monoisotopic (exact) mass is 326 g/mol. The molecular weight excluding hydrogens is 300 g/mol. The molecule has 3 rings (SSSR count). The number of hydrogen-bond donors (Lipinski definition) is 0. The molecular formula is C19H26N4O. The van der Waals surface area contributed by atoms with Crippen molar-refractivity contribution in [3.63, 3.8) is 0 Å². The number of aryl methyl sites for hydroxylation is 1. The quantitative estimate of drug-likeness (QED) is 0.851. The molecule has 0 radical (unpaired) electrons. The standard InChI is InChI=1S/C19H26N4O/c1-19(2,3)18(24)23-10-8-14(9-11-23)15-6-5-7-16(21-15)17-12-20-13-22(17)4/h5-7,12-14H,8-11H2,1-4H3. The highest BCUT2D eigenvalue weighted by Gasteiger charge is 2.31. The molecule has 128 valence electrons. The van der Waals surface area contributed by atoms with Crippen molar-refractivity contribution < 1.29 is 4.79 Å². The average Bonchev–Trinajstić information content (AvgIpc) is 3.00. The van der Waals surface area contributed by atoms with E-state index in [4.69, 9.17) is 4.98 Å². The minimum atomic E-state index is -0.301. The van der Waals surface area contributed by atoms with Crippen LogP contribution in [0, 0.1) is 5.41 Å². The van der Waals surface area contributed by atoms with Crippen LogP contribution in [0.4, 0.5) is 0 Å². The summed E-state index contributed by atoms with van der Waals surface area (Å²) < 4.78 is 1.98. The van der Waals surface area contributed by atoms with E-state index in [-0.39, 0.29) is 11.3 Å². The van der Waals surface area contributed by atoms with E-state index in [1.807, 2.05) is 49.5 Å². The second kappa shape index (κ2) is 6.38. The van der Waals surface area contributed by atoms with Crippen molar-refractivity contribution >= 4 is 5.91 Å². The number of likely N-dealkylation sites (tertiary alicyclic amines) is 1. The van der Waals surface area contributed by atoms with Crippen LogP contribution in [-0.2, 0) is 11.8 Å². The Morgan fingerprint density at radius 2 is 1.92 bits per heavy atom. The van der Waals surface area contributed by atoms with Crippen LogP contribution >= 0.6 is 0 Å². The first-order valence-electron chi connectivity index (χ1n) is 8.59. The molecule has 5 nitrogen and oxygen atoms in total. The van der Waals surface area contributed by atoms with E-state index >= 15 is 0 Å². The van der Waals surface area contributed by atoms with Crippen LogP contribution in [0.1, 0.15) is 45.2 Å². The summed E-state index contributed by atoms with van der Waals surface area (Å²) in [7, 11) is 1.98. The molecule has 1 aliphatic heterocycles. The summed E-state index contributed by atoms with van der Waals surface area (Å²) >= 11 is 0. The third kappa shape index (κ3) is 3.35. The van der Waals surface area contributed by atoms with E-state index in [0.29, 0.717) is 5.92 Å². The van der Waals surface area contributed by atoms with Crippen molar-refractivity contribution in [1.29, 1.82) is 0 Å². The fourth-order valence-electron chi connectivity index (χ4n) is 3.28. The fourth-order valence-corrected chi connectivity index (χ4v) is 3.28. The zero-order valence-corrected chi connectivity index (χ0v) is 15.0. The molecule has 2 aromatic heterocycles. The highest BCUT2D eigenvalue weighted by Crippen LogP contribution is 2.30. The number of imidazole rings is 1. The molecule has 1 saturated heterocycles. The Balaban J connectivity index is 1.71. The predicted octanol–water partition coefficient (Wildman–Crippen LogP) is 3.23. The van der Waals surface area contributed by atoms with E-state index in [1.54, 1.807) is 6.33 Å². The van der Waals surface area contributed by atoms with Crippen molar-refractivity contribution in [2.75, 3.05) is 13.1 Å². The van der Waals surface area contributed by atoms with Crippen LogP contribution in [0.25, 0.3) is 11.4 Å². The van der Waals surface area contributed by atoms with Gasteiger partial charge in [0, 0.05) is 37.2 Å². The molecule has 0 aromatic carbocycles. The van der Waals surface area contributed by atoms with Crippen molar-refractivity contribution in [2.24, 2.45) is 12.5 Å². The highest BCUT2D eigenvalue weighted by atomic mass is 16.2. The largest absolute Gasteiger partial charge is 0.342 e. The Bertz CT molecular complexity index is 721. The van der Waals surface area contributed by atoms with Gasteiger partial charge >= 0.3 is 0 Å². The van der Waals surface area contributed by atoms with E-state index < -0.39 is 0 Å². The van der Waals surface area contributed by atoms with E-state index in [0.717, 1.165) is 43.0 Å². The topological polar surface area (TPSA) is 51.0 Å². The fraction of sp³-hybridized carbons (Fsp3) is 0.526. The maximum absolute atomic E-state index is 12.4. The molecule has 1 amide bonds.